The van der Waals surface area contributed by atoms with Crippen LogP contribution in [-0.4, -0.2) is 40.3 Å². The van der Waals surface area contributed by atoms with E-state index in [1.165, 1.54) is 51.9 Å². The van der Waals surface area contributed by atoms with Gasteiger partial charge in [-0.25, -0.2) is 4.79 Å². The number of benzene rings is 2. The molecule has 1 aromatic heterocycles. The predicted octanol–water partition coefficient (Wildman–Crippen LogP) is 5.13. The van der Waals surface area contributed by atoms with E-state index in [-0.39, 0.29) is 11.1 Å². The molecule has 0 aliphatic carbocycles. The molecule has 0 fully saturated rings. The highest BCUT2D eigenvalue weighted by atomic mass is 35.5. The van der Waals surface area contributed by atoms with Gasteiger partial charge < -0.3 is 24.3 Å². The zero-order chi connectivity index (χ0) is 22.5. The fourth-order valence-corrected chi connectivity index (χ4v) is 4.06. The van der Waals surface area contributed by atoms with E-state index >= 15 is 0 Å². The first-order valence-electron chi connectivity index (χ1n) is 9.00. The minimum atomic E-state index is -0.564. The number of rotatable bonds is 7. The second-order valence-electron chi connectivity index (χ2n) is 6.22. The summed E-state index contributed by atoms with van der Waals surface area (Å²) in [6.45, 7) is 0. The lowest BCUT2D eigenvalue weighted by atomic mass is 10.0. The SMILES string of the molecule is COC(=O)c1c(-c2ccc(Cl)cc2)csc1NC(=O)c1cc(OC)c(OC)c(OC)c1. The van der Waals surface area contributed by atoms with Gasteiger partial charge in [0.05, 0.1) is 28.4 Å². The summed E-state index contributed by atoms with van der Waals surface area (Å²) in [6, 6.07) is 10.1. The average Bonchev–Trinajstić information content (AvgIpc) is 3.21. The van der Waals surface area contributed by atoms with Crippen LogP contribution in [0.4, 0.5) is 5.00 Å². The summed E-state index contributed by atoms with van der Waals surface area (Å²) >= 11 is 7.18. The van der Waals surface area contributed by atoms with Crippen molar-refractivity contribution in [3.05, 3.63) is 57.9 Å². The van der Waals surface area contributed by atoms with Crippen LogP contribution in [0.25, 0.3) is 11.1 Å². The molecule has 1 heterocycles. The van der Waals surface area contributed by atoms with Gasteiger partial charge in [0.25, 0.3) is 5.91 Å². The molecule has 0 bridgehead atoms. The monoisotopic (exact) mass is 461 g/mol. The van der Waals surface area contributed by atoms with Crippen LogP contribution in [0.2, 0.25) is 5.02 Å². The van der Waals surface area contributed by atoms with E-state index in [2.05, 4.69) is 5.32 Å². The molecule has 0 saturated carbocycles. The quantitative estimate of drug-likeness (QED) is 0.491. The fraction of sp³-hybridized carbons (Fsp3) is 0.182. The molecule has 0 unspecified atom stereocenters. The number of ether oxygens (including phenoxy) is 4. The lowest BCUT2D eigenvalue weighted by molar-refractivity contribution is 0.0603. The number of nitrogens with one attached hydrogen (secondary N) is 1. The maximum atomic E-state index is 13.0. The molecule has 1 amide bonds. The largest absolute Gasteiger partial charge is 0.493 e. The lowest BCUT2D eigenvalue weighted by Gasteiger charge is -2.14. The summed E-state index contributed by atoms with van der Waals surface area (Å²) in [5.74, 6) is 0.0414. The Morgan fingerprint density at radius 3 is 2.06 bits per heavy atom. The van der Waals surface area contributed by atoms with E-state index in [1.807, 2.05) is 0 Å². The summed E-state index contributed by atoms with van der Waals surface area (Å²) in [4.78, 5) is 25.5. The number of methoxy groups -OCH3 is 4. The van der Waals surface area contributed by atoms with Crippen LogP contribution in [0, 0.1) is 0 Å². The summed E-state index contributed by atoms with van der Waals surface area (Å²) < 4.78 is 20.8. The molecule has 0 spiro atoms. The van der Waals surface area contributed by atoms with Crippen LogP contribution < -0.4 is 19.5 Å². The number of amides is 1. The summed E-state index contributed by atoms with van der Waals surface area (Å²) in [5, 5.41) is 5.50. The van der Waals surface area contributed by atoms with Crippen molar-refractivity contribution in [1.82, 2.24) is 0 Å². The van der Waals surface area contributed by atoms with Crippen molar-refractivity contribution in [3.63, 3.8) is 0 Å². The van der Waals surface area contributed by atoms with Gasteiger partial charge in [0, 0.05) is 21.5 Å². The third kappa shape index (κ3) is 4.60. The Bertz CT molecular complexity index is 1080. The molecule has 7 nitrogen and oxygen atoms in total. The van der Waals surface area contributed by atoms with Gasteiger partial charge in [-0.15, -0.1) is 11.3 Å². The normalized spacial score (nSPS) is 10.4. The molecule has 1 N–H and O–H groups in total. The summed E-state index contributed by atoms with van der Waals surface area (Å²) in [6.07, 6.45) is 0. The van der Waals surface area contributed by atoms with Gasteiger partial charge in [-0.2, -0.15) is 0 Å². The van der Waals surface area contributed by atoms with E-state index in [0.29, 0.717) is 32.8 Å². The maximum absolute atomic E-state index is 13.0. The molecule has 9 heteroatoms. The van der Waals surface area contributed by atoms with Gasteiger partial charge >= 0.3 is 5.97 Å². The van der Waals surface area contributed by atoms with E-state index < -0.39 is 11.9 Å². The van der Waals surface area contributed by atoms with Gasteiger partial charge in [-0.3, -0.25) is 4.79 Å². The fourth-order valence-electron chi connectivity index (χ4n) is 2.98. The maximum Gasteiger partial charge on any atom is 0.341 e. The van der Waals surface area contributed by atoms with Gasteiger partial charge in [-0.05, 0) is 29.8 Å². The van der Waals surface area contributed by atoms with E-state index in [0.717, 1.165) is 5.56 Å². The highest BCUT2D eigenvalue weighted by molar-refractivity contribution is 7.15. The lowest BCUT2D eigenvalue weighted by Crippen LogP contribution is -2.14. The van der Waals surface area contributed by atoms with Crippen molar-refractivity contribution in [1.29, 1.82) is 0 Å². The topological polar surface area (TPSA) is 83.1 Å². The minimum absolute atomic E-state index is 0.260. The first-order chi connectivity index (χ1) is 14.9. The Morgan fingerprint density at radius 2 is 1.55 bits per heavy atom. The second kappa shape index (κ2) is 9.72. The van der Waals surface area contributed by atoms with Crippen LogP contribution in [0.5, 0.6) is 17.2 Å². The third-order valence-electron chi connectivity index (χ3n) is 4.49. The minimum Gasteiger partial charge on any atom is -0.493 e. The number of carbonyl (C=O) groups excluding carboxylic acids is 2. The smallest absolute Gasteiger partial charge is 0.341 e. The second-order valence-corrected chi connectivity index (χ2v) is 7.54. The van der Waals surface area contributed by atoms with Crippen LogP contribution in [0.1, 0.15) is 20.7 Å². The number of hydrogen-bond donors (Lipinski definition) is 1. The van der Waals surface area contributed by atoms with Crippen molar-refractivity contribution < 1.29 is 28.5 Å². The van der Waals surface area contributed by atoms with Crippen molar-refractivity contribution in [2.75, 3.05) is 33.8 Å². The Morgan fingerprint density at radius 1 is 0.935 bits per heavy atom. The number of thiophene rings is 1. The van der Waals surface area contributed by atoms with E-state index in [4.69, 9.17) is 30.5 Å². The van der Waals surface area contributed by atoms with Gasteiger partial charge in [0.1, 0.15) is 10.6 Å². The molecule has 0 aliphatic rings. The zero-order valence-corrected chi connectivity index (χ0v) is 18.8. The van der Waals surface area contributed by atoms with Gasteiger partial charge in [0.15, 0.2) is 11.5 Å². The van der Waals surface area contributed by atoms with Gasteiger partial charge in [-0.1, -0.05) is 23.7 Å². The summed E-state index contributed by atoms with van der Waals surface area (Å²) in [5.41, 5.74) is 1.94. The van der Waals surface area contributed by atoms with Crippen LogP contribution in [0.15, 0.2) is 41.8 Å². The molecule has 0 aliphatic heterocycles. The number of esters is 1. The van der Waals surface area contributed by atoms with Crippen LogP contribution in [-0.2, 0) is 4.74 Å². The Labute approximate surface area is 188 Å². The molecule has 31 heavy (non-hydrogen) atoms. The number of carbonyl (C=O) groups is 2. The van der Waals surface area contributed by atoms with Crippen molar-refractivity contribution in [3.8, 4) is 28.4 Å². The number of hydrogen-bond acceptors (Lipinski definition) is 7. The number of halogens is 1. The first-order valence-corrected chi connectivity index (χ1v) is 10.3. The zero-order valence-electron chi connectivity index (χ0n) is 17.3. The third-order valence-corrected chi connectivity index (χ3v) is 5.64. The molecule has 0 saturated heterocycles. The molecule has 162 valence electrons. The predicted molar refractivity (Wildman–Crippen MR) is 120 cm³/mol. The van der Waals surface area contributed by atoms with Crippen molar-refractivity contribution in [2.45, 2.75) is 0 Å². The van der Waals surface area contributed by atoms with Crippen molar-refractivity contribution >= 4 is 39.8 Å². The molecule has 3 aromatic rings. The summed E-state index contributed by atoms with van der Waals surface area (Å²) in [7, 11) is 5.70. The van der Waals surface area contributed by atoms with Crippen LogP contribution in [0.3, 0.4) is 0 Å². The average molecular weight is 462 g/mol. The van der Waals surface area contributed by atoms with Crippen molar-refractivity contribution in [2.24, 2.45) is 0 Å². The Hall–Kier alpha value is -3.23. The Kier molecular flexibility index (Phi) is 7.04. The highest BCUT2D eigenvalue weighted by Gasteiger charge is 2.24. The molecule has 3 rings (SSSR count). The standard InChI is InChI=1S/C22H20ClNO6S/c1-27-16-9-13(10-17(28-2)19(16)29-3)20(25)24-21-18(22(26)30-4)15(11-31-21)12-5-7-14(23)8-6-12/h5-11H,1-4H3,(H,24,25). The molecular formula is C22H20ClNO6S. The number of anilines is 1. The van der Waals surface area contributed by atoms with E-state index in [9.17, 15) is 9.59 Å². The van der Waals surface area contributed by atoms with Crippen LogP contribution >= 0.6 is 22.9 Å². The first kappa shape index (κ1) is 22.5. The Balaban J connectivity index is 2.00. The van der Waals surface area contributed by atoms with Gasteiger partial charge in [0.2, 0.25) is 5.75 Å². The molecule has 2 aromatic carbocycles. The molecule has 0 radical (unpaired) electrons. The highest BCUT2D eigenvalue weighted by Crippen LogP contribution is 2.40. The molecule has 0 atom stereocenters. The van der Waals surface area contributed by atoms with E-state index in [1.54, 1.807) is 29.6 Å². The molecular weight excluding hydrogens is 442 g/mol.